The van der Waals surface area contributed by atoms with Gasteiger partial charge in [-0.05, 0) is 23.3 Å². The van der Waals surface area contributed by atoms with Crippen LogP contribution in [0.5, 0.6) is 0 Å². The van der Waals surface area contributed by atoms with Gasteiger partial charge in [0.2, 0.25) is 0 Å². The van der Waals surface area contributed by atoms with Crippen LogP contribution < -0.4 is 11.1 Å². The molecule has 1 aromatic carbocycles. The maximum absolute atomic E-state index is 13.5. The lowest BCUT2D eigenvalue weighted by Crippen LogP contribution is -2.20. The number of benzene rings is 1. The van der Waals surface area contributed by atoms with Gasteiger partial charge < -0.3 is 11.1 Å². The van der Waals surface area contributed by atoms with E-state index in [1.54, 1.807) is 18.2 Å². The van der Waals surface area contributed by atoms with Gasteiger partial charge in [-0.15, -0.1) is 11.3 Å². The zero-order valence-corrected chi connectivity index (χ0v) is 17.0. The molecule has 170 valence electrons. The van der Waals surface area contributed by atoms with Gasteiger partial charge in [-0.1, -0.05) is 30.3 Å². The standard InChI is InChI=1S/C20H12F5N5O2S/c21-19(22)30-11(6-7-27-30)17(32)29-14-13-10(9-4-2-1-3-5-9)8-12(20(23,24)25)28-18(13)33-15(14)16(26)31/h1-8,19H,(H2,26,31)(H,29,32). The van der Waals surface area contributed by atoms with Gasteiger partial charge in [-0.3, -0.25) is 9.59 Å². The first-order chi connectivity index (χ1) is 15.6. The predicted molar refractivity (Wildman–Crippen MR) is 110 cm³/mol. The molecule has 0 saturated heterocycles. The molecule has 0 aliphatic rings. The number of nitrogens with one attached hydrogen (secondary N) is 1. The molecule has 4 aromatic rings. The zero-order chi connectivity index (χ0) is 23.9. The van der Waals surface area contributed by atoms with E-state index in [4.69, 9.17) is 5.73 Å². The van der Waals surface area contributed by atoms with Gasteiger partial charge >= 0.3 is 12.7 Å². The Kier molecular flexibility index (Phi) is 5.57. The first-order valence-electron chi connectivity index (χ1n) is 9.11. The number of hydrogen-bond acceptors (Lipinski definition) is 5. The van der Waals surface area contributed by atoms with E-state index in [2.05, 4.69) is 15.4 Å². The number of anilines is 1. The molecular weight excluding hydrogens is 469 g/mol. The molecule has 2 amide bonds. The average molecular weight is 481 g/mol. The van der Waals surface area contributed by atoms with Gasteiger partial charge in [0.05, 0.1) is 5.69 Å². The van der Waals surface area contributed by atoms with Crippen molar-refractivity contribution in [2.24, 2.45) is 5.73 Å². The average Bonchev–Trinajstić information content (AvgIpc) is 3.39. The minimum absolute atomic E-state index is 0.0180. The summed E-state index contributed by atoms with van der Waals surface area (Å²) in [5.74, 6) is -2.10. The predicted octanol–water partition coefficient (Wildman–Crippen LogP) is 4.92. The normalized spacial score (nSPS) is 11.8. The van der Waals surface area contributed by atoms with Crippen LogP contribution in [-0.4, -0.2) is 26.6 Å². The van der Waals surface area contributed by atoms with Crippen molar-refractivity contribution in [2.45, 2.75) is 12.7 Å². The van der Waals surface area contributed by atoms with E-state index >= 15 is 0 Å². The van der Waals surface area contributed by atoms with Crippen molar-refractivity contribution in [1.29, 1.82) is 0 Å². The summed E-state index contributed by atoms with van der Waals surface area (Å²) in [6.07, 6.45) is -3.81. The van der Waals surface area contributed by atoms with Gasteiger partial charge in [0.15, 0.2) is 0 Å². The minimum atomic E-state index is -4.79. The molecule has 0 saturated carbocycles. The molecule has 0 unspecified atom stereocenters. The number of hydrogen-bond donors (Lipinski definition) is 2. The Labute approximate surface area is 185 Å². The Hall–Kier alpha value is -3.87. The number of aromatic nitrogens is 3. The Morgan fingerprint density at radius 1 is 1.12 bits per heavy atom. The number of carbonyl (C=O) groups excluding carboxylic acids is 2. The van der Waals surface area contributed by atoms with Crippen LogP contribution in [0.1, 0.15) is 32.4 Å². The number of carbonyl (C=O) groups is 2. The van der Waals surface area contributed by atoms with E-state index in [0.717, 1.165) is 18.3 Å². The number of primary amides is 1. The summed E-state index contributed by atoms with van der Waals surface area (Å²) in [7, 11) is 0. The van der Waals surface area contributed by atoms with E-state index in [-0.39, 0.29) is 31.0 Å². The molecule has 3 N–H and O–H groups in total. The van der Waals surface area contributed by atoms with Gasteiger partial charge in [0, 0.05) is 11.6 Å². The maximum Gasteiger partial charge on any atom is 0.433 e. The number of nitrogens with zero attached hydrogens (tertiary/aromatic N) is 3. The van der Waals surface area contributed by atoms with Crippen LogP contribution >= 0.6 is 11.3 Å². The van der Waals surface area contributed by atoms with Crippen molar-refractivity contribution >= 4 is 39.1 Å². The van der Waals surface area contributed by atoms with Crippen LogP contribution in [0, 0.1) is 0 Å². The number of halogens is 5. The monoisotopic (exact) mass is 481 g/mol. The second-order valence-electron chi connectivity index (χ2n) is 6.66. The van der Waals surface area contributed by atoms with Crippen molar-refractivity contribution in [3.05, 3.63) is 64.9 Å². The maximum atomic E-state index is 13.5. The van der Waals surface area contributed by atoms with Crippen molar-refractivity contribution in [2.75, 3.05) is 5.32 Å². The second kappa shape index (κ2) is 8.24. The molecule has 0 aliphatic heterocycles. The third-order valence-electron chi connectivity index (χ3n) is 4.59. The fourth-order valence-electron chi connectivity index (χ4n) is 3.21. The molecule has 0 radical (unpaired) electrons. The summed E-state index contributed by atoms with van der Waals surface area (Å²) in [6.45, 7) is -3.12. The quantitative estimate of drug-likeness (QED) is 0.395. The molecule has 13 heteroatoms. The molecule has 0 fully saturated rings. The van der Waals surface area contributed by atoms with E-state index in [0.29, 0.717) is 16.9 Å². The summed E-state index contributed by atoms with van der Waals surface area (Å²) in [5.41, 5.74) is 3.80. The van der Waals surface area contributed by atoms with E-state index in [9.17, 15) is 31.5 Å². The third-order valence-corrected chi connectivity index (χ3v) is 5.69. The first-order valence-corrected chi connectivity index (χ1v) is 9.92. The van der Waals surface area contributed by atoms with Crippen molar-refractivity contribution in [3.8, 4) is 11.1 Å². The topological polar surface area (TPSA) is 103 Å². The van der Waals surface area contributed by atoms with Crippen molar-refractivity contribution < 1.29 is 31.5 Å². The fraction of sp³-hybridized carbons (Fsp3) is 0.100. The smallest absolute Gasteiger partial charge is 0.365 e. The third kappa shape index (κ3) is 4.14. The highest BCUT2D eigenvalue weighted by Crippen LogP contribution is 2.43. The van der Waals surface area contributed by atoms with Crippen LogP contribution in [0.25, 0.3) is 21.3 Å². The van der Waals surface area contributed by atoms with Crippen LogP contribution in [0.3, 0.4) is 0 Å². The SMILES string of the molecule is NC(=O)c1sc2nc(C(F)(F)F)cc(-c3ccccc3)c2c1NC(=O)c1ccnn1C(F)F. The second-order valence-corrected chi connectivity index (χ2v) is 7.66. The molecule has 0 spiro atoms. The Bertz CT molecular complexity index is 1360. The highest BCUT2D eigenvalue weighted by atomic mass is 32.1. The van der Waals surface area contributed by atoms with Gasteiger partial charge in [-0.25, -0.2) is 4.98 Å². The highest BCUT2D eigenvalue weighted by molar-refractivity contribution is 7.21. The van der Waals surface area contributed by atoms with Crippen LogP contribution in [0.15, 0.2) is 48.7 Å². The number of alkyl halides is 5. The van der Waals surface area contributed by atoms with Crippen LogP contribution in [-0.2, 0) is 6.18 Å². The summed E-state index contributed by atoms with van der Waals surface area (Å²) in [4.78, 5) is 27.9. The summed E-state index contributed by atoms with van der Waals surface area (Å²) in [6, 6.07) is 9.73. The van der Waals surface area contributed by atoms with Gasteiger partial charge in [0.1, 0.15) is 21.1 Å². The van der Waals surface area contributed by atoms with E-state index in [1.807, 2.05) is 0 Å². The minimum Gasteiger partial charge on any atom is -0.365 e. The lowest BCUT2D eigenvalue weighted by Gasteiger charge is -2.13. The Morgan fingerprint density at radius 3 is 2.42 bits per heavy atom. The van der Waals surface area contributed by atoms with E-state index < -0.39 is 35.9 Å². The van der Waals surface area contributed by atoms with E-state index in [1.165, 1.54) is 12.1 Å². The summed E-state index contributed by atoms with van der Waals surface area (Å²) in [5, 5.41) is 5.72. The van der Waals surface area contributed by atoms with Crippen molar-refractivity contribution in [3.63, 3.8) is 0 Å². The Morgan fingerprint density at radius 2 is 1.82 bits per heavy atom. The fourth-order valence-corrected chi connectivity index (χ4v) is 4.22. The number of thiophene rings is 1. The number of fused-ring (bicyclic) bond motifs is 1. The lowest BCUT2D eigenvalue weighted by molar-refractivity contribution is -0.140. The van der Waals surface area contributed by atoms with Gasteiger partial charge in [-0.2, -0.15) is 31.7 Å². The Balaban J connectivity index is 1.97. The highest BCUT2D eigenvalue weighted by Gasteiger charge is 2.35. The zero-order valence-electron chi connectivity index (χ0n) is 16.2. The molecule has 33 heavy (non-hydrogen) atoms. The molecular formula is C20H12F5N5O2S. The molecule has 3 aromatic heterocycles. The molecule has 7 nitrogen and oxygen atoms in total. The van der Waals surface area contributed by atoms with Crippen LogP contribution in [0.2, 0.25) is 0 Å². The molecule has 4 rings (SSSR count). The number of pyridine rings is 1. The molecule has 0 aliphatic carbocycles. The molecule has 3 heterocycles. The lowest BCUT2D eigenvalue weighted by atomic mass is 10.0. The largest absolute Gasteiger partial charge is 0.433 e. The molecule has 0 bridgehead atoms. The van der Waals surface area contributed by atoms with Gasteiger partial charge in [0.25, 0.3) is 11.8 Å². The number of amides is 2. The molecule has 0 atom stereocenters. The summed E-state index contributed by atoms with van der Waals surface area (Å²) >= 11 is 0.550. The summed E-state index contributed by atoms with van der Waals surface area (Å²) < 4.78 is 66.9. The number of nitrogens with two attached hydrogens (primary N) is 1. The van der Waals surface area contributed by atoms with Crippen LogP contribution in [0.4, 0.5) is 27.6 Å². The van der Waals surface area contributed by atoms with Crippen molar-refractivity contribution in [1.82, 2.24) is 14.8 Å². The number of rotatable bonds is 5. The first kappa shape index (κ1) is 22.3.